The van der Waals surface area contributed by atoms with Gasteiger partial charge in [0.15, 0.2) is 0 Å². The molecule has 1 aromatic heterocycles. The number of hydrogen-bond acceptors (Lipinski definition) is 2. The summed E-state index contributed by atoms with van der Waals surface area (Å²) in [5.41, 5.74) is 2.06. The summed E-state index contributed by atoms with van der Waals surface area (Å²) in [7, 11) is 0. The van der Waals surface area contributed by atoms with Crippen molar-refractivity contribution in [1.29, 1.82) is 0 Å². The second-order valence-corrected chi connectivity index (χ2v) is 6.19. The van der Waals surface area contributed by atoms with Crippen LogP contribution >= 0.6 is 15.9 Å². The predicted octanol–water partition coefficient (Wildman–Crippen LogP) is 3.76. The van der Waals surface area contributed by atoms with Gasteiger partial charge in [-0.1, -0.05) is 40.2 Å². The first-order valence-corrected chi connectivity index (χ1v) is 8.20. The van der Waals surface area contributed by atoms with Crippen LogP contribution in [-0.2, 0) is 13.1 Å². The number of carbonyl (C=O) groups excluding carboxylic acids is 1. The zero-order chi connectivity index (χ0) is 16.9. The molecule has 0 radical (unpaired) electrons. The number of nitrogens with one attached hydrogen (secondary N) is 1. The maximum atomic E-state index is 13.9. The second kappa shape index (κ2) is 7.40. The zero-order valence-corrected chi connectivity index (χ0v) is 14.3. The van der Waals surface area contributed by atoms with Gasteiger partial charge in [-0.3, -0.25) is 9.48 Å². The van der Waals surface area contributed by atoms with Gasteiger partial charge < -0.3 is 5.32 Å². The Kier molecular flexibility index (Phi) is 5.05. The van der Waals surface area contributed by atoms with E-state index >= 15 is 0 Å². The molecule has 0 aliphatic rings. The van der Waals surface area contributed by atoms with Crippen LogP contribution in [0.1, 0.15) is 21.5 Å². The van der Waals surface area contributed by atoms with Gasteiger partial charge in [-0.15, -0.1) is 0 Å². The van der Waals surface area contributed by atoms with Gasteiger partial charge in [-0.2, -0.15) is 5.10 Å². The Morgan fingerprint density at radius 3 is 2.67 bits per heavy atom. The normalized spacial score (nSPS) is 10.6. The highest BCUT2D eigenvalue weighted by Gasteiger charge is 2.12. The summed E-state index contributed by atoms with van der Waals surface area (Å²) in [5.74, 6) is -0.986. The van der Waals surface area contributed by atoms with Gasteiger partial charge in [0, 0.05) is 23.4 Å². The Bertz CT molecular complexity index is 849. The van der Waals surface area contributed by atoms with E-state index in [0.717, 1.165) is 11.1 Å². The Balaban J connectivity index is 1.71. The Morgan fingerprint density at radius 1 is 1.17 bits per heavy atom. The van der Waals surface area contributed by atoms with Gasteiger partial charge in [-0.05, 0) is 35.4 Å². The van der Waals surface area contributed by atoms with Gasteiger partial charge in [0.2, 0.25) is 0 Å². The molecule has 0 fully saturated rings. The van der Waals surface area contributed by atoms with E-state index < -0.39 is 11.7 Å². The van der Waals surface area contributed by atoms with Gasteiger partial charge in [0.1, 0.15) is 5.82 Å². The average molecular weight is 388 g/mol. The SMILES string of the molecule is O=C(NCc1ccccc1Cn1cccn1)c1ccc(Br)cc1F. The highest BCUT2D eigenvalue weighted by atomic mass is 79.9. The lowest BCUT2D eigenvalue weighted by atomic mass is 10.1. The summed E-state index contributed by atoms with van der Waals surface area (Å²) in [5, 5.41) is 6.96. The van der Waals surface area contributed by atoms with E-state index in [2.05, 4.69) is 26.3 Å². The van der Waals surface area contributed by atoms with Crippen LogP contribution in [-0.4, -0.2) is 15.7 Å². The molecule has 3 rings (SSSR count). The van der Waals surface area contributed by atoms with E-state index in [0.29, 0.717) is 17.6 Å². The molecule has 0 aliphatic carbocycles. The third kappa shape index (κ3) is 3.89. The summed E-state index contributed by atoms with van der Waals surface area (Å²) in [6, 6.07) is 14.0. The Hall–Kier alpha value is -2.47. The van der Waals surface area contributed by atoms with E-state index in [-0.39, 0.29) is 5.56 Å². The smallest absolute Gasteiger partial charge is 0.254 e. The maximum Gasteiger partial charge on any atom is 0.254 e. The van der Waals surface area contributed by atoms with Crippen LogP contribution in [0.15, 0.2) is 65.4 Å². The van der Waals surface area contributed by atoms with Crippen molar-refractivity contribution in [3.8, 4) is 0 Å². The van der Waals surface area contributed by atoms with Crippen LogP contribution in [0.25, 0.3) is 0 Å². The summed E-state index contributed by atoms with van der Waals surface area (Å²) in [4.78, 5) is 12.2. The van der Waals surface area contributed by atoms with Crippen LogP contribution in [0.3, 0.4) is 0 Å². The van der Waals surface area contributed by atoms with Gasteiger partial charge >= 0.3 is 0 Å². The van der Waals surface area contributed by atoms with E-state index in [4.69, 9.17) is 0 Å². The third-order valence-electron chi connectivity index (χ3n) is 3.63. The first kappa shape index (κ1) is 16.4. The first-order chi connectivity index (χ1) is 11.6. The highest BCUT2D eigenvalue weighted by Crippen LogP contribution is 2.16. The topological polar surface area (TPSA) is 46.9 Å². The number of nitrogens with zero attached hydrogens (tertiary/aromatic N) is 2. The lowest BCUT2D eigenvalue weighted by Crippen LogP contribution is -2.24. The fourth-order valence-corrected chi connectivity index (χ4v) is 2.73. The molecule has 0 bridgehead atoms. The number of halogens is 2. The van der Waals surface area contributed by atoms with Crippen molar-refractivity contribution in [1.82, 2.24) is 15.1 Å². The van der Waals surface area contributed by atoms with Gasteiger partial charge in [0.25, 0.3) is 5.91 Å². The van der Waals surface area contributed by atoms with Crippen molar-refractivity contribution in [2.45, 2.75) is 13.1 Å². The van der Waals surface area contributed by atoms with Crippen LogP contribution in [0.2, 0.25) is 0 Å². The third-order valence-corrected chi connectivity index (χ3v) is 4.12. The monoisotopic (exact) mass is 387 g/mol. The van der Waals surface area contributed by atoms with Crippen LogP contribution < -0.4 is 5.32 Å². The largest absolute Gasteiger partial charge is 0.348 e. The quantitative estimate of drug-likeness (QED) is 0.724. The van der Waals surface area contributed by atoms with Crippen molar-refractivity contribution in [2.75, 3.05) is 0 Å². The van der Waals surface area contributed by atoms with Gasteiger partial charge in [0.05, 0.1) is 12.1 Å². The van der Waals surface area contributed by atoms with Crippen molar-refractivity contribution in [3.63, 3.8) is 0 Å². The fraction of sp³-hybridized carbons (Fsp3) is 0.111. The second-order valence-electron chi connectivity index (χ2n) is 5.28. The summed E-state index contributed by atoms with van der Waals surface area (Å²) < 4.78 is 16.3. The molecule has 3 aromatic rings. The number of amides is 1. The minimum atomic E-state index is -0.549. The Morgan fingerprint density at radius 2 is 1.96 bits per heavy atom. The fourth-order valence-electron chi connectivity index (χ4n) is 2.40. The molecule has 0 atom stereocenters. The molecular formula is C18H15BrFN3O. The van der Waals surface area contributed by atoms with E-state index in [9.17, 15) is 9.18 Å². The summed E-state index contributed by atoms with van der Waals surface area (Å²) in [6.45, 7) is 0.942. The molecule has 0 spiro atoms. The number of rotatable bonds is 5. The molecule has 0 saturated carbocycles. The van der Waals surface area contributed by atoms with Crippen molar-refractivity contribution in [3.05, 3.63) is 87.9 Å². The molecule has 0 saturated heterocycles. The summed E-state index contributed by atoms with van der Waals surface area (Å²) >= 11 is 3.18. The van der Waals surface area contributed by atoms with E-state index in [1.807, 2.05) is 41.2 Å². The molecule has 0 unspecified atom stereocenters. The molecule has 2 aromatic carbocycles. The van der Waals surface area contributed by atoms with E-state index in [1.165, 1.54) is 12.1 Å². The minimum absolute atomic E-state index is 0.0303. The number of carbonyl (C=O) groups is 1. The lowest BCUT2D eigenvalue weighted by Gasteiger charge is -2.11. The number of aromatic nitrogens is 2. The number of hydrogen-bond donors (Lipinski definition) is 1. The molecule has 1 amide bonds. The molecule has 1 heterocycles. The van der Waals surface area contributed by atoms with Crippen LogP contribution in [0.5, 0.6) is 0 Å². The standard InChI is InChI=1S/C18H15BrFN3O/c19-15-6-7-16(17(20)10-15)18(24)21-11-13-4-1-2-5-14(13)12-23-9-3-8-22-23/h1-10H,11-12H2,(H,21,24). The van der Waals surface area contributed by atoms with Crippen molar-refractivity contribution in [2.24, 2.45) is 0 Å². The molecule has 1 N–H and O–H groups in total. The molecule has 122 valence electrons. The molecule has 0 aliphatic heterocycles. The molecule has 24 heavy (non-hydrogen) atoms. The van der Waals surface area contributed by atoms with Crippen molar-refractivity contribution >= 4 is 21.8 Å². The molecule has 6 heteroatoms. The summed E-state index contributed by atoms with van der Waals surface area (Å²) in [6.07, 6.45) is 3.60. The molecule has 4 nitrogen and oxygen atoms in total. The number of benzene rings is 2. The highest BCUT2D eigenvalue weighted by molar-refractivity contribution is 9.10. The molecular weight excluding hydrogens is 373 g/mol. The Labute approximate surface area is 147 Å². The van der Waals surface area contributed by atoms with Crippen LogP contribution in [0.4, 0.5) is 4.39 Å². The lowest BCUT2D eigenvalue weighted by molar-refractivity contribution is 0.0947. The first-order valence-electron chi connectivity index (χ1n) is 7.41. The maximum absolute atomic E-state index is 13.9. The van der Waals surface area contributed by atoms with E-state index in [1.54, 1.807) is 12.3 Å². The average Bonchev–Trinajstić information content (AvgIpc) is 3.07. The van der Waals surface area contributed by atoms with Crippen LogP contribution in [0, 0.1) is 5.82 Å². The van der Waals surface area contributed by atoms with Gasteiger partial charge in [-0.25, -0.2) is 4.39 Å². The zero-order valence-electron chi connectivity index (χ0n) is 12.7. The minimum Gasteiger partial charge on any atom is -0.348 e. The van der Waals surface area contributed by atoms with Crippen molar-refractivity contribution < 1.29 is 9.18 Å². The predicted molar refractivity (Wildman–Crippen MR) is 93.0 cm³/mol.